The molecule has 86 valence electrons. The van der Waals surface area contributed by atoms with Gasteiger partial charge in [-0.25, -0.2) is 8.42 Å². The Labute approximate surface area is 96.6 Å². The number of aryl methyl sites for hydroxylation is 1. The van der Waals surface area contributed by atoms with Gasteiger partial charge in [0.1, 0.15) is 0 Å². The van der Waals surface area contributed by atoms with Gasteiger partial charge < -0.3 is 0 Å². The fraction of sp³-hybridized carbons (Fsp3) is 0.417. The van der Waals surface area contributed by atoms with Crippen molar-refractivity contribution in [3.8, 4) is 6.07 Å². The van der Waals surface area contributed by atoms with Gasteiger partial charge in [-0.3, -0.25) is 0 Å². The Morgan fingerprint density at radius 2 is 1.94 bits per heavy atom. The van der Waals surface area contributed by atoms with Crippen molar-refractivity contribution in [3.05, 3.63) is 29.8 Å². The third-order valence-electron chi connectivity index (χ3n) is 2.39. The molecule has 0 aliphatic rings. The van der Waals surface area contributed by atoms with Gasteiger partial charge in [0.15, 0.2) is 15.1 Å². The third-order valence-corrected chi connectivity index (χ3v) is 4.61. The van der Waals surface area contributed by atoms with Crippen LogP contribution in [-0.4, -0.2) is 13.7 Å². The number of hydrogen-bond donors (Lipinski definition) is 0. The van der Waals surface area contributed by atoms with E-state index in [1.807, 2.05) is 19.1 Å². The Balaban J connectivity index is 3.27. The molecule has 0 N–H and O–H groups in total. The van der Waals surface area contributed by atoms with Crippen LogP contribution >= 0.6 is 0 Å². The topological polar surface area (TPSA) is 57.9 Å². The first-order valence-electron chi connectivity index (χ1n) is 5.09. The fourth-order valence-electron chi connectivity index (χ4n) is 1.52. The van der Waals surface area contributed by atoms with Gasteiger partial charge in [-0.05, 0) is 30.5 Å². The maximum absolute atomic E-state index is 12.1. The minimum atomic E-state index is -3.53. The number of hydrogen-bond acceptors (Lipinski definition) is 3. The molecule has 16 heavy (non-hydrogen) atoms. The highest BCUT2D eigenvalue weighted by Crippen LogP contribution is 2.21. The van der Waals surface area contributed by atoms with E-state index in [4.69, 9.17) is 5.26 Å². The van der Waals surface area contributed by atoms with E-state index in [0.717, 1.165) is 5.56 Å². The summed E-state index contributed by atoms with van der Waals surface area (Å²) in [5.41, 5.74) is 0.876. The van der Waals surface area contributed by atoms with Gasteiger partial charge in [0, 0.05) is 0 Å². The fourth-order valence-corrected chi connectivity index (χ4v) is 3.28. The lowest BCUT2D eigenvalue weighted by molar-refractivity contribution is 0.563. The lowest BCUT2D eigenvalue weighted by Gasteiger charge is -2.14. The average molecular weight is 237 g/mol. The number of nitriles is 1. The summed E-state index contributed by atoms with van der Waals surface area (Å²) in [7, 11) is -3.53. The standard InChI is InChI=1S/C12H15NO2S/c1-9(2)12(8-13)16(14,15)11-6-4-5-10(3)7-11/h4-7,9,12H,1-3H3. The molecular formula is C12H15NO2S. The van der Waals surface area contributed by atoms with E-state index in [9.17, 15) is 8.42 Å². The third kappa shape index (κ3) is 2.42. The van der Waals surface area contributed by atoms with Crippen LogP contribution in [0.25, 0.3) is 0 Å². The monoisotopic (exact) mass is 237 g/mol. The van der Waals surface area contributed by atoms with Crippen LogP contribution in [0.1, 0.15) is 19.4 Å². The second-order valence-electron chi connectivity index (χ2n) is 4.16. The van der Waals surface area contributed by atoms with Crippen LogP contribution in [0.5, 0.6) is 0 Å². The quantitative estimate of drug-likeness (QED) is 0.810. The number of nitrogens with zero attached hydrogens (tertiary/aromatic N) is 1. The normalized spacial score (nSPS) is 13.4. The van der Waals surface area contributed by atoms with Gasteiger partial charge in [-0.1, -0.05) is 26.0 Å². The maximum Gasteiger partial charge on any atom is 0.194 e. The number of rotatable bonds is 3. The van der Waals surface area contributed by atoms with Crippen LogP contribution in [0.15, 0.2) is 29.2 Å². The highest BCUT2D eigenvalue weighted by molar-refractivity contribution is 7.92. The number of sulfone groups is 1. The summed E-state index contributed by atoms with van der Waals surface area (Å²) in [5.74, 6) is -0.212. The SMILES string of the molecule is Cc1cccc(S(=O)(=O)C(C#N)C(C)C)c1. The van der Waals surface area contributed by atoms with Crippen molar-refractivity contribution in [1.82, 2.24) is 0 Å². The van der Waals surface area contributed by atoms with Crippen molar-refractivity contribution in [2.75, 3.05) is 0 Å². The van der Waals surface area contributed by atoms with E-state index in [-0.39, 0.29) is 10.8 Å². The van der Waals surface area contributed by atoms with Gasteiger partial charge in [-0.15, -0.1) is 0 Å². The Bertz CT molecular complexity index is 512. The van der Waals surface area contributed by atoms with E-state index < -0.39 is 15.1 Å². The van der Waals surface area contributed by atoms with Crippen LogP contribution in [0.4, 0.5) is 0 Å². The zero-order valence-corrected chi connectivity index (χ0v) is 10.5. The van der Waals surface area contributed by atoms with E-state index in [1.54, 1.807) is 26.0 Å². The molecule has 1 unspecified atom stereocenters. The largest absolute Gasteiger partial charge is 0.222 e. The highest BCUT2D eigenvalue weighted by atomic mass is 32.2. The van der Waals surface area contributed by atoms with Gasteiger partial charge in [0.25, 0.3) is 0 Å². The summed E-state index contributed by atoms with van der Waals surface area (Å²) in [6.07, 6.45) is 0. The molecule has 0 radical (unpaired) electrons. The highest BCUT2D eigenvalue weighted by Gasteiger charge is 2.30. The van der Waals surface area contributed by atoms with Crippen LogP contribution in [0, 0.1) is 24.2 Å². The molecule has 0 spiro atoms. The van der Waals surface area contributed by atoms with Crippen LogP contribution in [0.3, 0.4) is 0 Å². The Kier molecular flexibility index (Phi) is 3.71. The zero-order valence-electron chi connectivity index (χ0n) is 9.64. The van der Waals surface area contributed by atoms with Crippen LogP contribution in [-0.2, 0) is 9.84 Å². The van der Waals surface area contributed by atoms with E-state index in [1.165, 1.54) is 6.07 Å². The van der Waals surface area contributed by atoms with E-state index >= 15 is 0 Å². The molecule has 0 saturated heterocycles. The van der Waals surface area contributed by atoms with E-state index in [2.05, 4.69) is 0 Å². The lowest BCUT2D eigenvalue weighted by Crippen LogP contribution is -2.25. The summed E-state index contributed by atoms with van der Waals surface area (Å²) < 4.78 is 24.3. The summed E-state index contributed by atoms with van der Waals surface area (Å²) in [6.45, 7) is 5.30. The predicted octanol–water partition coefficient (Wildman–Crippen LogP) is 2.32. The van der Waals surface area contributed by atoms with Crippen molar-refractivity contribution in [2.24, 2.45) is 5.92 Å². The molecule has 0 aliphatic carbocycles. The zero-order chi connectivity index (χ0) is 12.3. The molecule has 1 aromatic carbocycles. The Hall–Kier alpha value is -1.34. The van der Waals surface area contributed by atoms with Crippen molar-refractivity contribution >= 4 is 9.84 Å². The molecule has 4 heteroatoms. The average Bonchev–Trinajstić information content (AvgIpc) is 2.17. The second-order valence-corrected chi connectivity index (χ2v) is 6.22. The first-order chi connectivity index (χ1) is 7.39. The molecule has 1 aromatic rings. The Morgan fingerprint density at radius 1 is 1.31 bits per heavy atom. The summed E-state index contributed by atoms with van der Waals surface area (Å²) in [4.78, 5) is 0.229. The molecule has 1 atom stereocenters. The Morgan fingerprint density at radius 3 is 2.38 bits per heavy atom. The number of benzene rings is 1. The molecule has 0 heterocycles. The van der Waals surface area contributed by atoms with Crippen molar-refractivity contribution < 1.29 is 8.42 Å². The smallest absolute Gasteiger partial charge is 0.194 e. The first kappa shape index (κ1) is 12.7. The molecule has 0 bridgehead atoms. The van der Waals surface area contributed by atoms with Crippen molar-refractivity contribution in [1.29, 1.82) is 5.26 Å². The molecule has 3 nitrogen and oxygen atoms in total. The predicted molar refractivity (Wildman–Crippen MR) is 62.6 cm³/mol. The van der Waals surface area contributed by atoms with Crippen molar-refractivity contribution in [2.45, 2.75) is 30.9 Å². The second kappa shape index (κ2) is 4.67. The summed E-state index contributed by atoms with van der Waals surface area (Å²) >= 11 is 0. The maximum atomic E-state index is 12.1. The first-order valence-corrected chi connectivity index (χ1v) is 6.64. The molecule has 0 aliphatic heterocycles. The van der Waals surface area contributed by atoms with Gasteiger partial charge >= 0.3 is 0 Å². The van der Waals surface area contributed by atoms with Crippen molar-refractivity contribution in [3.63, 3.8) is 0 Å². The van der Waals surface area contributed by atoms with Crippen LogP contribution < -0.4 is 0 Å². The minimum absolute atomic E-state index is 0.212. The van der Waals surface area contributed by atoms with E-state index in [0.29, 0.717) is 0 Å². The van der Waals surface area contributed by atoms with Gasteiger partial charge in [-0.2, -0.15) is 5.26 Å². The molecule has 1 rings (SSSR count). The molecule has 0 saturated carbocycles. The molecule has 0 amide bonds. The summed E-state index contributed by atoms with van der Waals surface area (Å²) in [6, 6.07) is 8.53. The van der Waals surface area contributed by atoms with Gasteiger partial charge in [0.2, 0.25) is 0 Å². The molecule has 0 aromatic heterocycles. The summed E-state index contributed by atoms with van der Waals surface area (Å²) in [5, 5.41) is 7.96. The molecular weight excluding hydrogens is 222 g/mol. The van der Waals surface area contributed by atoms with Crippen LogP contribution in [0.2, 0.25) is 0 Å². The lowest BCUT2D eigenvalue weighted by atomic mass is 10.1. The van der Waals surface area contributed by atoms with Gasteiger partial charge in [0.05, 0.1) is 11.0 Å². The minimum Gasteiger partial charge on any atom is -0.222 e. The molecule has 0 fully saturated rings.